The third-order valence-corrected chi connectivity index (χ3v) is 9.25. The van der Waals surface area contributed by atoms with Crippen molar-refractivity contribution in [2.75, 3.05) is 10.2 Å². The molecule has 2 aromatic carbocycles. The lowest BCUT2D eigenvalue weighted by molar-refractivity contribution is -0.121. The number of benzene rings is 2. The van der Waals surface area contributed by atoms with Gasteiger partial charge in [0.2, 0.25) is 5.91 Å². The third-order valence-electron chi connectivity index (χ3n) is 8.36. The zero-order chi connectivity index (χ0) is 26.9. The molecule has 1 saturated heterocycles. The van der Waals surface area contributed by atoms with E-state index in [1.807, 2.05) is 66.6 Å². The van der Waals surface area contributed by atoms with Gasteiger partial charge in [0.25, 0.3) is 0 Å². The minimum Gasteiger partial charge on any atom is -0.352 e. The molecule has 192 valence electrons. The van der Waals surface area contributed by atoms with E-state index in [9.17, 15) is 14.4 Å². The highest BCUT2D eigenvalue weighted by molar-refractivity contribution is 7.12. The van der Waals surface area contributed by atoms with Crippen LogP contribution in [-0.2, 0) is 10.2 Å². The maximum Gasteiger partial charge on any atom is 0.238 e. The summed E-state index contributed by atoms with van der Waals surface area (Å²) in [6.45, 7) is 4.07. The number of anilines is 2. The standard InChI is InChI=1S/C32H25N3O3S/c1-18-12-13-24-20(16-18)19(2)17-26-32(21-8-3-4-9-22(21)34-31(32)38)27(29(36)23-10-5-6-14-33-23)28(35(24)26)30(37)25-11-7-15-39-25/h3-17,26-28H,1-2H3,(H,34,38)/t26-,27-,28-,32-/m0/s1. The number of fused-ring (bicyclic) bond motifs is 6. The third kappa shape index (κ3) is 3.20. The highest BCUT2D eigenvalue weighted by atomic mass is 32.1. The second-order valence-electron chi connectivity index (χ2n) is 10.4. The molecule has 0 bridgehead atoms. The van der Waals surface area contributed by atoms with Crippen LogP contribution in [0.2, 0.25) is 0 Å². The van der Waals surface area contributed by atoms with Gasteiger partial charge < -0.3 is 10.2 Å². The van der Waals surface area contributed by atoms with Crippen molar-refractivity contribution in [3.8, 4) is 0 Å². The smallest absolute Gasteiger partial charge is 0.238 e. The van der Waals surface area contributed by atoms with Gasteiger partial charge in [0.05, 0.1) is 16.8 Å². The Morgan fingerprint density at radius 3 is 2.56 bits per heavy atom. The summed E-state index contributed by atoms with van der Waals surface area (Å²) in [4.78, 5) is 50.4. The number of Topliss-reactive ketones (excluding diaryl/α,β-unsaturated/α-hetero) is 2. The highest BCUT2D eigenvalue weighted by Gasteiger charge is 2.70. The number of allylic oxidation sites excluding steroid dienone is 1. The molecule has 3 aliphatic rings. The van der Waals surface area contributed by atoms with Crippen LogP contribution in [0.15, 0.2) is 90.4 Å². The molecule has 5 heterocycles. The number of hydrogen-bond donors (Lipinski definition) is 1. The summed E-state index contributed by atoms with van der Waals surface area (Å²) in [6.07, 6.45) is 3.65. The van der Waals surface area contributed by atoms with Crippen LogP contribution in [0, 0.1) is 12.8 Å². The molecule has 0 aliphatic carbocycles. The van der Waals surface area contributed by atoms with E-state index in [2.05, 4.69) is 22.4 Å². The fraction of sp³-hybridized carbons (Fsp3) is 0.188. The summed E-state index contributed by atoms with van der Waals surface area (Å²) >= 11 is 1.35. The van der Waals surface area contributed by atoms with Crippen molar-refractivity contribution < 1.29 is 14.4 Å². The second-order valence-corrected chi connectivity index (χ2v) is 11.4. The predicted octanol–water partition coefficient (Wildman–Crippen LogP) is 5.70. The molecular weight excluding hydrogens is 506 g/mol. The summed E-state index contributed by atoms with van der Waals surface area (Å²) in [5.41, 5.74) is 4.29. The number of ketones is 2. The van der Waals surface area contributed by atoms with Crippen molar-refractivity contribution in [3.05, 3.63) is 118 Å². The maximum absolute atomic E-state index is 14.6. The first-order valence-electron chi connectivity index (χ1n) is 12.9. The van der Waals surface area contributed by atoms with Gasteiger partial charge in [-0.1, -0.05) is 48.0 Å². The number of rotatable bonds is 4. The molecule has 4 aromatic rings. The van der Waals surface area contributed by atoms with Gasteiger partial charge in [-0.15, -0.1) is 11.3 Å². The fourth-order valence-electron chi connectivity index (χ4n) is 6.78. The van der Waals surface area contributed by atoms with Crippen molar-refractivity contribution in [1.82, 2.24) is 4.98 Å². The SMILES string of the molecule is CC1=C[C@@H]2N(c3ccc(C)cc31)[C@H](C(=O)c1cccs1)[C@@H](C(=O)c1ccccn1)[C@@]21C(=O)Nc2ccccc21. The summed E-state index contributed by atoms with van der Waals surface area (Å²) < 4.78 is 0. The molecule has 1 spiro atoms. The number of thiophene rings is 1. The Morgan fingerprint density at radius 2 is 1.79 bits per heavy atom. The first kappa shape index (κ1) is 23.7. The number of para-hydroxylation sites is 1. The molecule has 4 atom stereocenters. The van der Waals surface area contributed by atoms with Gasteiger partial charge >= 0.3 is 0 Å². The lowest BCUT2D eigenvalue weighted by atomic mass is 9.64. The van der Waals surface area contributed by atoms with E-state index >= 15 is 0 Å². The van der Waals surface area contributed by atoms with Crippen LogP contribution in [0.1, 0.15) is 43.8 Å². The first-order chi connectivity index (χ1) is 18.9. The van der Waals surface area contributed by atoms with Gasteiger partial charge in [-0.05, 0) is 66.8 Å². The van der Waals surface area contributed by atoms with Crippen LogP contribution in [0.3, 0.4) is 0 Å². The second kappa shape index (κ2) is 8.58. The Hall–Kier alpha value is -4.36. The minimum atomic E-state index is -1.33. The molecule has 0 radical (unpaired) electrons. The minimum absolute atomic E-state index is 0.169. The lowest BCUT2D eigenvalue weighted by Crippen LogP contribution is -2.51. The van der Waals surface area contributed by atoms with Gasteiger partial charge in [0, 0.05) is 23.1 Å². The maximum atomic E-state index is 14.6. The quantitative estimate of drug-likeness (QED) is 0.342. The summed E-state index contributed by atoms with van der Waals surface area (Å²) in [5, 5.41) is 4.93. The number of aromatic nitrogens is 1. The first-order valence-corrected chi connectivity index (χ1v) is 13.8. The summed E-state index contributed by atoms with van der Waals surface area (Å²) in [5.74, 6) is -1.76. The van der Waals surface area contributed by atoms with E-state index in [0.29, 0.717) is 10.6 Å². The van der Waals surface area contributed by atoms with Crippen molar-refractivity contribution in [3.63, 3.8) is 0 Å². The molecule has 6 nitrogen and oxygen atoms in total. The zero-order valence-corrected chi connectivity index (χ0v) is 22.2. The molecule has 7 heteroatoms. The van der Waals surface area contributed by atoms with Crippen LogP contribution < -0.4 is 10.2 Å². The van der Waals surface area contributed by atoms with E-state index in [1.54, 1.807) is 30.5 Å². The fourth-order valence-corrected chi connectivity index (χ4v) is 7.48. The average Bonchev–Trinajstić information content (AvgIpc) is 3.66. The van der Waals surface area contributed by atoms with E-state index in [4.69, 9.17) is 0 Å². The Labute approximate surface area is 230 Å². The molecule has 0 unspecified atom stereocenters. The lowest BCUT2D eigenvalue weighted by Gasteiger charge is -2.39. The highest BCUT2D eigenvalue weighted by Crippen LogP contribution is 2.58. The van der Waals surface area contributed by atoms with E-state index in [1.165, 1.54) is 11.3 Å². The average molecular weight is 532 g/mol. The van der Waals surface area contributed by atoms with E-state index in [-0.39, 0.29) is 23.2 Å². The van der Waals surface area contributed by atoms with Crippen molar-refractivity contribution >= 4 is 45.8 Å². The monoisotopic (exact) mass is 531 g/mol. The van der Waals surface area contributed by atoms with Crippen molar-refractivity contribution in [2.24, 2.45) is 5.92 Å². The topological polar surface area (TPSA) is 79.4 Å². The largest absolute Gasteiger partial charge is 0.352 e. The van der Waals surface area contributed by atoms with Crippen molar-refractivity contribution in [1.29, 1.82) is 0 Å². The molecule has 1 fully saturated rings. The molecule has 39 heavy (non-hydrogen) atoms. The molecule has 1 N–H and O–H groups in total. The Kier molecular flexibility index (Phi) is 5.22. The van der Waals surface area contributed by atoms with Gasteiger partial charge in [-0.3, -0.25) is 19.4 Å². The van der Waals surface area contributed by atoms with E-state index in [0.717, 1.165) is 28.0 Å². The van der Waals surface area contributed by atoms with Crippen molar-refractivity contribution in [2.45, 2.75) is 31.3 Å². The number of nitrogens with one attached hydrogen (secondary N) is 1. The molecular formula is C32H25N3O3S. The van der Waals surface area contributed by atoms with Crippen LogP contribution >= 0.6 is 11.3 Å². The molecule has 2 aromatic heterocycles. The van der Waals surface area contributed by atoms with E-state index < -0.39 is 23.4 Å². The van der Waals surface area contributed by atoms with Gasteiger partial charge in [0.15, 0.2) is 11.6 Å². The Bertz CT molecular complexity index is 1690. The van der Waals surface area contributed by atoms with Gasteiger partial charge in [-0.2, -0.15) is 0 Å². The molecule has 7 rings (SSSR count). The number of carbonyl (C=O) groups excluding carboxylic acids is 3. The number of amides is 1. The van der Waals surface area contributed by atoms with Crippen LogP contribution in [0.25, 0.3) is 5.57 Å². The summed E-state index contributed by atoms with van der Waals surface area (Å²) in [7, 11) is 0. The molecule has 3 aliphatic heterocycles. The number of aryl methyl sites for hydroxylation is 1. The van der Waals surface area contributed by atoms with Crippen LogP contribution in [-0.4, -0.2) is 34.5 Å². The number of nitrogens with zero attached hydrogens (tertiary/aromatic N) is 2. The Morgan fingerprint density at radius 1 is 0.974 bits per heavy atom. The van der Waals surface area contributed by atoms with Crippen LogP contribution in [0.4, 0.5) is 11.4 Å². The normalized spacial score (nSPS) is 24.6. The van der Waals surface area contributed by atoms with Gasteiger partial charge in [-0.25, -0.2) is 0 Å². The van der Waals surface area contributed by atoms with Gasteiger partial charge in [0.1, 0.15) is 17.2 Å². The Balaban J connectivity index is 1.57. The number of hydrogen-bond acceptors (Lipinski definition) is 6. The molecule has 0 saturated carbocycles. The summed E-state index contributed by atoms with van der Waals surface area (Å²) in [6, 6.07) is 21.0. The number of pyridine rings is 1. The molecule has 1 amide bonds. The van der Waals surface area contributed by atoms with Crippen LogP contribution in [0.5, 0.6) is 0 Å². The predicted molar refractivity (Wildman–Crippen MR) is 152 cm³/mol. The zero-order valence-electron chi connectivity index (χ0n) is 21.4. The number of carbonyl (C=O) groups is 3.